The summed E-state index contributed by atoms with van der Waals surface area (Å²) in [7, 11) is 1.55. The van der Waals surface area contributed by atoms with Gasteiger partial charge in [0.15, 0.2) is 28.0 Å². The van der Waals surface area contributed by atoms with Gasteiger partial charge in [-0.1, -0.05) is 0 Å². The summed E-state index contributed by atoms with van der Waals surface area (Å²) in [5, 5.41) is 7.96. The van der Waals surface area contributed by atoms with Gasteiger partial charge in [-0.05, 0) is 37.2 Å². The number of ketones is 1. The minimum atomic E-state index is -4.52. The molecule has 29 heavy (non-hydrogen) atoms. The Morgan fingerprint density at radius 3 is 2.52 bits per heavy atom. The van der Waals surface area contributed by atoms with Crippen molar-refractivity contribution in [3.63, 3.8) is 0 Å². The summed E-state index contributed by atoms with van der Waals surface area (Å²) in [6.07, 6.45) is -2.14. The Hall–Kier alpha value is -2.79. The molecule has 0 spiro atoms. The maximum atomic E-state index is 13.0. The van der Waals surface area contributed by atoms with Crippen LogP contribution in [-0.4, -0.2) is 40.8 Å². The number of pyridine rings is 2. The zero-order valence-corrected chi connectivity index (χ0v) is 16.5. The second-order valence-corrected chi connectivity index (χ2v) is 7.80. The summed E-state index contributed by atoms with van der Waals surface area (Å²) < 4.78 is 52.9. The summed E-state index contributed by atoms with van der Waals surface area (Å²) >= 11 is -1.45. The molecule has 1 atom stereocenters. The Bertz CT molecular complexity index is 1070. The number of halogens is 3. The van der Waals surface area contributed by atoms with Crippen molar-refractivity contribution in [2.75, 3.05) is 5.75 Å². The highest BCUT2D eigenvalue weighted by molar-refractivity contribution is 7.91. The van der Waals surface area contributed by atoms with Crippen LogP contribution in [0.1, 0.15) is 29.8 Å². The molecule has 0 bridgehead atoms. The fraction of sp³-hybridized carbons (Fsp3) is 0.278. The molecule has 0 aromatic carbocycles. The third kappa shape index (κ3) is 4.15. The maximum absolute atomic E-state index is 13.0. The van der Waals surface area contributed by atoms with E-state index in [4.69, 9.17) is 0 Å². The Morgan fingerprint density at radius 2 is 1.90 bits per heavy atom. The highest BCUT2D eigenvalue weighted by Crippen LogP contribution is 2.32. The Balaban J connectivity index is 2.12. The molecule has 3 heterocycles. The van der Waals surface area contributed by atoms with Crippen LogP contribution in [-0.2, 0) is 24.4 Å². The molecule has 0 saturated carbocycles. The smallest absolute Gasteiger partial charge is 0.416 e. The number of Topliss-reactive ketones (excluding diaryl/α,β-unsaturated/α-hetero) is 1. The number of carbonyl (C=O) groups is 1. The highest BCUT2D eigenvalue weighted by Gasteiger charge is 2.31. The second-order valence-electron chi connectivity index (χ2n) is 6.09. The third-order valence-corrected chi connectivity index (χ3v) is 5.50. The van der Waals surface area contributed by atoms with Gasteiger partial charge in [0.25, 0.3) is 0 Å². The van der Waals surface area contributed by atoms with E-state index in [9.17, 15) is 22.5 Å². The van der Waals surface area contributed by atoms with Gasteiger partial charge in [-0.25, -0.2) is 4.98 Å². The van der Waals surface area contributed by atoms with Gasteiger partial charge in [0, 0.05) is 31.1 Å². The lowest BCUT2D eigenvalue weighted by molar-refractivity contribution is -0.137. The molecule has 0 saturated heterocycles. The topological polar surface area (TPSA) is 96.6 Å². The molecule has 0 aliphatic carbocycles. The summed E-state index contributed by atoms with van der Waals surface area (Å²) in [5.74, 6) is 0.351. The molecule has 0 radical (unpaired) electrons. The van der Waals surface area contributed by atoms with Gasteiger partial charge in [0.1, 0.15) is 11.4 Å². The summed E-state index contributed by atoms with van der Waals surface area (Å²) in [6, 6.07) is 3.23. The minimum Gasteiger partial charge on any atom is -0.611 e. The van der Waals surface area contributed by atoms with Gasteiger partial charge in [-0.15, -0.1) is 10.2 Å². The lowest BCUT2D eigenvalue weighted by atomic mass is 10.2. The summed E-state index contributed by atoms with van der Waals surface area (Å²) in [5.41, 5.74) is -0.334. The zero-order chi connectivity index (χ0) is 21.3. The van der Waals surface area contributed by atoms with E-state index in [0.29, 0.717) is 10.5 Å². The molecule has 7 nitrogen and oxygen atoms in total. The molecular formula is C18H16F3N5O2S. The van der Waals surface area contributed by atoms with Gasteiger partial charge in [0.2, 0.25) is 0 Å². The van der Waals surface area contributed by atoms with E-state index in [2.05, 4.69) is 20.2 Å². The van der Waals surface area contributed by atoms with E-state index in [1.807, 2.05) is 0 Å². The monoisotopic (exact) mass is 423 g/mol. The van der Waals surface area contributed by atoms with Crippen molar-refractivity contribution in [3.05, 3.63) is 41.7 Å². The minimum absolute atomic E-state index is 0.0143. The fourth-order valence-corrected chi connectivity index (χ4v) is 3.55. The number of aromatic nitrogens is 5. The van der Waals surface area contributed by atoms with E-state index in [1.165, 1.54) is 23.8 Å². The molecule has 3 aromatic rings. The van der Waals surface area contributed by atoms with Crippen molar-refractivity contribution in [2.45, 2.75) is 24.9 Å². The first kappa shape index (κ1) is 20.9. The van der Waals surface area contributed by atoms with Crippen LogP contribution in [0.5, 0.6) is 0 Å². The van der Waals surface area contributed by atoms with Crippen molar-refractivity contribution < 1.29 is 22.5 Å². The summed E-state index contributed by atoms with van der Waals surface area (Å²) in [4.78, 5) is 20.1. The number of hydrogen-bond acceptors (Lipinski definition) is 6. The average molecular weight is 423 g/mol. The second kappa shape index (κ2) is 7.91. The van der Waals surface area contributed by atoms with Gasteiger partial charge in [-0.2, -0.15) is 13.2 Å². The van der Waals surface area contributed by atoms with Crippen LogP contribution < -0.4 is 0 Å². The van der Waals surface area contributed by atoms with E-state index in [1.54, 1.807) is 14.0 Å². The van der Waals surface area contributed by atoms with Crippen LogP contribution >= 0.6 is 0 Å². The first-order chi connectivity index (χ1) is 13.6. The molecule has 0 aliphatic rings. The molecule has 0 N–H and O–H groups in total. The standard InChI is InChI=1S/C18H16F3N5O2S/c1-4-29(28)14-7-11(10(2)27)9-23-15(14)17-25-24-16(26(17)3)13-8-12(5-6-22-13)18(19,20)21/h5-9H,4H2,1-3H3. The molecule has 11 heteroatoms. The number of alkyl halides is 3. The first-order valence-electron chi connectivity index (χ1n) is 8.46. The van der Waals surface area contributed by atoms with Crippen molar-refractivity contribution in [3.8, 4) is 23.0 Å². The van der Waals surface area contributed by atoms with Gasteiger partial charge in [-0.3, -0.25) is 9.78 Å². The van der Waals surface area contributed by atoms with Crippen LogP contribution in [0.15, 0.2) is 35.5 Å². The van der Waals surface area contributed by atoms with Gasteiger partial charge < -0.3 is 9.12 Å². The molecule has 3 aromatic heterocycles. The predicted octanol–water partition coefficient (Wildman–Crippen LogP) is 3.29. The predicted molar refractivity (Wildman–Crippen MR) is 99.4 cm³/mol. The van der Waals surface area contributed by atoms with Crippen LogP contribution in [0.2, 0.25) is 0 Å². The van der Waals surface area contributed by atoms with Crippen LogP contribution in [0, 0.1) is 0 Å². The molecular weight excluding hydrogens is 407 g/mol. The lowest BCUT2D eigenvalue weighted by Crippen LogP contribution is -2.11. The molecule has 0 amide bonds. The Kier molecular flexibility index (Phi) is 5.71. The number of nitrogens with zero attached hydrogens (tertiary/aromatic N) is 5. The molecule has 0 fully saturated rings. The largest absolute Gasteiger partial charge is 0.611 e. The number of rotatable bonds is 5. The average Bonchev–Trinajstić information content (AvgIpc) is 3.07. The van der Waals surface area contributed by atoms with Gasteiger partial charge >= 0.3 is 6.18 Å². The van der Waals surface area contributed by atoms with Crippen molar-refractivity contribution >= 4 is 17.0 Å². The fourth-order valence-electron chi connectivity index (χ4n) is 2.62. The van der Waals surface area contributed by atoms with Gasteiger partial charge in [0.05, 0.1) is 5.56 Å². The maximum Gasteiger partial charge on any atom is 0.416 e. The first-order valence-corrected chi connectivity index (χ1v) is 9.78. The Morgan fingerprint density at radius 1 is 1.21 bits per heavy atom. The van der Waals surface area contributed by atoms with E-state index in [0.717, 1.165) is 18.3 Å². The number of hydrogen-bond donors (Lipinski definition) is 0. The summed E-state index contributed by atoms with van der Waals surface area (Å²) in [6.45, 7) is 3.09. The van der Waals surface area contributed by atoms with Crippen LogP contribution in [0.3, 0.4) is 0 Å². The van der Waals surface area contributed by atoms with Crippen LogP contribution in [0.25, 0.3) is 23.0 Å². The SMILES string of the molecule is CC[S+]([O-])c1cc(C(C)=O)cnc1-c1nnc(-c2cc(C(F)(F)F)ccn2)n1C. The molecule has 152 valence electrons. The van der Waals surface area contributed by atoms with Crippen molar-refractivity contribution in [2.24, 2.45) is 7.05 Å². The molecule has 1 unspecified atom stereocenters. The normalized spacial score (nSPS) is 12.8. The van der Waals surface area contributed by atoms with Crippen LogP contribution in [0.4, 0.5) is 13.2 Å². The number of carbonyl (C=O) groups excluding carboxylic acids is 1. The van der Waals surface area contributed by atoms with E-state index >= 15 is 0 Å². The molecule has 0 aliphatic heterocycles. The quantitative estimate of drug-likeness (QED) is 0.462. The highest BCUT2D eigenvalue weighted by atomic mass is 32.2. The lowest BCUT2D eigenvalue weighted by Gasteiger charge is -2.13. The third-order valence-electron chi connectivity index (χ3n) is 4.17. The Labute approximate surface area is 167 Å². The van der Waals surface area contributed by atoms with Crippen molar-refractivity contribution in [1.82, 2.24) is 24.7 Å². The van der Waals surface area contributed by atoms with E-state index < -0.39 is 22.9 Å². The molecule has 3 rings (SSSR count). The van der Waals surface area contributed by atoms with Crippen molar-refractivity contribution in [1.29, 1.82) is 0 Å². The van der Waals surface area contributed by atoms with E-state index in [-0.39, 0.29) is 34.6 Å². The zero-order valence-electron chi connectivity index (χ0n) is 15.7.